The summed E-state index contributed by atoms with van der Waals surface area (Å²) in [7, 11) is 4.35. The average molecular weight is 241 g/mol. The number of fused-ring (bicyclic) bond motifs is 1. The lowest BCUT2D eigenvalue weighted by Gasteiger charge is -2.30. The molecule has 1 aromatic carbocycles. The Kier molecular flexibility index (Phi) is 2.96. The van der Waals surface area contributed by atoms with Crippen LogP contribution in [-0.2, 0) is 12.8 Å². The maximum absolute atomic E-state index is 5.55. The first-order chi connectivity index (χ1) is 8.75. The van der Waals surface area contributed by atoms with Gasteiger partial charge in [0.15, 0.2) is 0 Å². The Bertz CT molecular complexity index is 528. The first-order valence-electron chi connectivity index (χ1n) is 6.57. The lowest BCUT2D eigenvalue weighted by Crippen LogP contribution is -2.33. The molecule has 2 aromatic rings. The highest BCUT2D eigenvalue weighted by atomic mass is 16.3. The van der Waals surface area contributed by atoms with E-state index < -0.39 is 0 Å². The summed E-state index contributed by atoms with van der Waals surface area (Å²) in [6.07, 6.45) is 5.28. The largest absolute Gasteiger partial charge is 0.464 e. The molecule has 0 spiro atoms. The molecule has 2 nitrogen and oxygen atoms in total. The highest BCUT2D eigenvalue weighted by molar-refractivity contribution is 5.64. The fourth-order valence-electron chi connectivity index (χ4n) is 2.89. The van der Waals surface area contributed by atoms with Crippen LogP contribution in [0.15, 0.2) is 41.0 Å². The van der Waals surface area contributed by atoms with Crippen LogP contribution >= 0.6 is 0 Å². The molecule has 0 bridgehead atoms. The number of furan rings is 1. The smallest absolute Gasteiger partial charge is 0.134 e. The third kappa shape index (κ3) is 1.97. The zero-order valence-corrected chi connectivity index (χ0v) is 11.0. The molecule has 2 heteroatoms. The molecular weight excluding hydrogens is 222 g/mol. The van der Waals surface area contributed by atoms with Crippen molar-refractivity contribution in [1.29, 1.82) is 0 Å². The molecule has 3 rings (SSSR count). The predicted octanol–water partition coefficient (Wildman–Crippen LogP) is 3.37. The van der Waals surface area contributed by atoms with Gasteiger partial charge in [-0.1, -0.05) is 18.2 Å². The van der Waals surface area contributed by atoms with Crippen LogP contribution in [0.4, 0.5) is 0 Å². The minimum absolute atomic E-state index is 0.671. The second-order valence-corrected chi connectivity index (χ2v) is 5.28. The molecule has 18 heavy (non-hydrogen) atoms. The van der Waals surface area contributed by atoms with E-state index in [4.69, 9.17) is 4.42 Å². The zero-order chi connectivity index (χ0) is 12.5. The zero-order valence-electron chi connectivity index (χ0n) is 11.0. The van der Waals surface area contributed by atoms with Gasteiger partial charge in [0.1, 0.15) is 5.76 Å². The molecule has 0 N–H and O–H groups in total. The molecule has 1 heterocycles. The van der Waals surface area contributed by atoms with E-state index in [1.165, 1.54) is 23.1 Å². The van der Waals surface area contributed by atoms with Crippen molar-refractivity contribution < 1.29 is 4.42 Å². The Hall–Kier alpha value is -1.54. The van der Waals surface area contributed by atoms with Gasteiger partial charge in [-0.25, -0.2) is 0 Å². The number of rotatable bonds is 2. The molecule has 1 aliphatic carbocycles. The van der Waals surface area contributed by atoms with Crippen molar-refractivity contribution >= 4 is 0 Å². The predicted molar refractivity (Wildman–Crippen MR) is 73.6 cm³/mol. The highest BCUT2D eigenvalue weighted by Crippen LogP contribution is 2.32. The second-order valence-electron chi connectivity index (χ2n) is 5.28. The van der Waals surface area contributed by atoms with E-state index >= 15 is 0 Å². The van der Waals surface area contributed by atoms with Crippen LogP contribution in [0.5, 0.6) is 0 Å². The fourth-order valence-corrected chi connectivity index (χ4v) is 2.89. The monoisotopic (exact) mass is 241 g/mol. The molecule has 1 aromatic heterocycles. The third-order valence-corrected chi connectivity index (χ3v) is 3.97. The summed E-state index contributed by atoms with van der Waals surface area (Å²) in [5, 5.41) is 0. The van der Waals surface area contributed by atoms with Gasteiger partial charge in [0.25, 0.3) is 0 Å². The van der Waals surface area contributed by atoms with E-state index in [2.05, 4.69) is 37.2 Å². The van der Waals surface area contributed by atoms with E-state index in [0.717, 1.165) is 18.6 Å². The summed E-state index contributed by atoms with van der Waals surface area (Å²) >= 11 is 0. The van der Waals surface area contributed by atoms with Crippen molar-refractivity contribution in [2.24, 2.45) is 0 Å². The molecule has 0 saturated heterocycles. The number of benzene rings is 1. The van der Waals surface area contributed by atoms with Crippen molar-refractivity contribution in [3.8, 4) is 11.3 Å². The topological polar surface area (TPSA) is 16.4 Å². The minimum Gasteiger partial charge on any atom is -0.464 e. The summed E-state index contributed by atoms with van der Waals surface area (Å²) in [5.41, 5.74) is 4.23. The Morgan fingerprint density at radius 2 is 2.06 bits per heavy atom. The SMILES string of the molecule is CN(C)C1CCc2c(cccc2-c2ccco2)C1. The maximum Gasteiger partial charge on any atom is 0.134 e. The summed E-state index contributed by atoms with van der Waals surface area (Å²) in [6, 6.07) is 11.3. The Morgan fingerprint density at radius 1 is 1.17 bits per heavy atom. The number of hydrogen-bond donors (Lipinski definition) is 0. The molecule has 0 aliphatic heterocycles. The van der Waals surface area contributed by atoms with E-state index in [-0.39, 0.29) is 0 Å². The van der Waals surface area contributed by atoms with Crippen molar-refractivity contribution in [1.82, 2.24) is 4.90 Å². The van der Waals surface area contributed by atoms with Crippen LogP contribution in [0, 0.1) is 0 Å². The van der Waals surface area contributed by atoms with Gasteiger partial charge in [0.05, 0.1) is 6.26 Å². The van der Waals surface area contributed by atoms with Gasteiger partial charge in [0.2, 0.25) is 0 Å². The van der Waals surface area contributed by atoms with Crippen molar-refractivity contribution in [2.45, 2.75) is 25.3 Å². The molecule has 0 amide bonds. The first kappa shape index (κ1) is 11.5. The third-order valence-electron chi connectivity index (χ3n) is 3.97. The van der Waals surface area contributed by atoms with Crippen molar-refractivity contribution in [3.63, 3.8) is 0 Å². The quantitative estimate of drug-likeness (QED) is 0.801. The van der Waals surface area contributed by atoms with Gasteiger partial charge in [0, 0.05) is 11.6 Å². The van der Waals surface area contributed by atoms with Crippen LogP contribution in [0.25, 0.3) is 11.3 Å². The lowest BCUT2D eigenvalue weighted by molar-refractivity contribution is 0.268. The first-order valence-corrected chi connectivity index (χ1v) is 6.57. The summed E-state index contributed by atoms with van der Waals surface area (Å²) < 4.78 is 5.55. The Morgan fingerprint density at radius 3 is 2.78 bits per heavy atom. The number of hydrogen-bond acceptors (Lipinski definition) is 2. The van der Waals surface area contributed by atoms with Crippen LogP contribution in [0.2, 0.25) is 0 Å². The molecule has 1 aliphatic rings. The Balaban J connectivity index is 1.99. The normalized spacial score (nSPS) is 18.9. The molecule has 0 fully saturated rings. The van der Waals surface area contributed by atoms with E-state index in [9.17, 15) is 0 Å². The van der Waals surface area contributed by atoms with Crippen LogP contribution in [0.1, 0.15) is 17.5 Å². The van der Waals surface area contributed by atoms with E-state index in [1.807, 2.05) is 12.1 Å². The molecule has 0 radical (unpaired) electrons. The van der Waals surface area contributed by atoms with Gasteiger partial charge >= 0.3 is 0 Å². The van der Waals surface area contributed by atoms with Gasteiger partial charge in [-0.2, -0.15) is 0 Å². The van der Waals surface area contributed by atoms with Gasteiger partial charge < -0.3 is 9.32 Å². The molecule has 0 saturated carbocycles. The molecule has 1 unspecified atom stereocenters. The van der Waals surface area contributed by atoms with Crippen LogP contribution < -0.4 is 0 Å². The summed E-state index contributed by atoms with van der Waals surface area (Å²) in [4.78, 5) is 2.34. The number of nitrogens with zero attached hydrogens (tertiary/aromatic N) is 1. The minimum atomic E-state index is 0.671. The highest BCUT2D eigenvalue weighted by Gasteiger charge is 2.22. The van der Waals surface area contributed by atoms with Gasteiger partial charge in [-0.05, 0) is 56.6 Å². The molecule has 94 valence electrons. The fraction of sp³-hybridized carbons (Fsp3) is 0.375. The standard InChI is InChI=1S/C16H19NO/c1-17(2)13-8-9-14-12(11-13)5-3-6-15(14)16-7-4-10-18-16/h3-7,10,13H,8-9,11H2,1-2H3. The maximum atomic E-state index is 5.55. The van der Waals surface area contributed by atoms with Crippen molar-refractivity contribution in [3.05, 3.63) is 47.7 Å². The average Bonchev–Trinajstić information content (AvgIpc) is 2.91. The van der Waals surface area contributed by atoms with E-state index in [1.54, 1.807) is 6.26 Å². The van der Waals surface area contributed by atoms with Crippen LogP contribution in [-0.4, -0.2) is 25.0 Å². The second kappa shape index (κ2) is 4.62. The number of likely N-dealkylation sites (N-methyl/N-ethyl adjacent to an activating group) is 1. The van der Waals surface area contributed by atoms with Gasteiger partial charge in [-0.3, -0.25) is 0 Å². The van der Waals surface area contributed by atoms with Gasteiger partial charge in [-0.15, -0.1) is 0 Å². The van der Waals surface area contributed by atoms with E-state index in [0.29, 0.717) is 6.04 Å². The molecule has 1 atom stereocenters. The van der Waals surface area contributed by atoms with Crippen LogP contribution in [0.3, 0.4) is 0 Å². The Labute approximate surface area is 108 Å². The van der Waals surface area contributed by atoms with Crippen molar-refractivity contribution in [2.75, 3.05) is 14.1 Å². The lowest BCUT2D eigenvalue weighted by atomic mass is 9.84. The summed E-state index contributed by atoms with van der Waals surface area (Å²) in [6.45, 7) is 0. The summed E-state index contributed by atoms with van der Waals surface area (Å²) in [5.74, 6) is 0.996. The molecular formula is C16H19NO.